The third kappa shape index (κ3) is 40.6. The van der Waals surface area contributed by atoms with Crippen LogP contribution in [-0.4, -0.2) is 114 Å². The molecule has 10 atom stereocenters. The highest BCUT2D eigenvalue weighted by molar-refractivity contribution is 5.94. The Morgan fingerprint density at radius 3 is 1.40 bits per heavy atom. The average Bonchev–Trinajstić information content (AvgIpc) is 1.67. The molecule has 572 valence electrons. The van der Waals surface area contributed by atoms with Crippen molar-refractivity contribution in [3.05, 3.63) is 108 Å². The number of aliphatic carboxylic acids is 2. The van der Waals surface area contributed by atoms with Gasteiger partial charge in [0.1, 0.15) is 43.1 Å². The van der Waals surface area contributed by atoms with Gasteiger partial charge in [0.15, 0.2) is 5.78 Å². The zero-order valence-corrected chi connectivity index (χ0v) is 57.7. The summed E-state index contributed by atoms with van der Waals surface area (Å²) in [5, 5.41) is 55.8. The lowest BCUT2D eigenvalue weighted by Gasteiger charge is -2.25. The number of aliphatic hydroxyl groups excluding tert-OH is 4. The van der Waals surface area contributed by atoms with Gasteiger partial charge in [-0.2, -0.15) is 0 Å². The SMILES string of the molecule is C.C.C.CC(=O)O.CCCCC(F)(F)C(O)/C=C/[C@@H]1C(CCCCCCC(=O)OCc2ccccc2)C(=O)C[C@H]1O.CCCCC(F)(F)C(O)/C=C/[C@H]1C=CC(=O)C1CCCCCCC(=O)OCc1ccccc1.CCCCC(F)(F)C(O)CC[C@H]1CCC(=O)C1CCCCCCC(=O)O. The predicted molar refractivity (Wildman–Crippen MR) is 381 cm³/mol. The van der Waals surface area contributed by atoms with Crippen LogP contribution in [0.15, 0.2) is 97.1 Å². The number of allylic oxidation sites excluding steroid dienone is 3. The van der Waals surface area contributed by atoms with E-state index in [2.05, 4.69) is 0 Å². The van der Waals surface area contributed by atoms with Crippen LogP contribution in [0.2, 0.25) is 0 Å². The molecular weight excluding hydrogens is 1300 g/mol. The topological polar surface area (TPSA) is 259 Å². The highest BCUT2D eigenvalue weighted by atomic mass is 19.3. The van der Waals surface area contributed by atoms with Gasteiger partial charge in [-0.05, 0) is 100 Å². The molecule has 0 heterocycles. The van der Waals surface area contributed by atoms with E-state index >= 15 is 0 Å². The smallest absolute Gasteiger partial charge is 0.306 e. The summed E-state index contributed by atoms with van der Waals surface area (Å²) >= 11 is 0. The fraction of sp³-hybridized carbons (Fsp3) is 0.684. The van der Waals surface area contributed by atoms with Gasteiger partial charge in [-0.15, -0.1) is 0 Å². The van der Waals surface area contributed by atoms with E-state index in [9.17, 15) is 75.5 Å². The maximum atomic E-state index is 14.0. The third-order valence-corrected chi connectivity index (χ3v) is 18.0. The van der Waals surface area contributed by atoms with Crippen LogP contribution in [0.1, 0.15) is 267 Å². The van der Waals surface area contributed by atoms with Crippen molar-refractivity contribution in [2.75, 3.05) is 0 Å². The number of carboxylic acids is 2. The minimum absolute atomic E-state index is 0. The number of carbonyl (C=O) groups excluding carboxylic acids is 5. The molecule has 6 N–H and O–H groups in total. The number of ketones is 3. The Labute approximate surface area is 593 Å². The van der Waals surface area contributed by atoms with E-state index in [1.165, 1.54) is 12.2 Å². The Bertz CT molecular complexity index is 2650. The predicted octanol–water partition coefficient (Wildman–Crippen LogP) is 18.5. The second kappa shape index (κ2) is 53.7. The van der Waals surface area contributed by atoms with Crippen molar-refractivity contribution in [3.63, 3.8) is 0 Å². The van der Waals surface area contributed by atoms with E-state index in [-0.39, 0.29) is 121 Å². The van der Waals surface area contributed by atoms with Crippen LogP contribution in [0, 0.1) is 35.5 Å². The number of Topliss-reactive ketones (excluding diaryl/α,β-unsaturated/α-hetero) is 2. The van der Waals surface area contributed by atoms with E-state index < -0.39 is 72.4 Å². The fourth-order valence-corrected chi connectivity index (χ4v) is 12.1. The molecule has 0 bridgehead atoms. The molecule has 15 nitrogen and oxygen atoms in total. The van der Waals surface area contributed by atoms with E-state index in [0.29, 0.717) is 89.9 Å². The minimum atomic E-state index is -3.22. The molecule has 0 aliphatic heterocycles. The summed E-state index contributed by atoms with van der Waals surface area (Å²) in [6.45, 7) is 7.11. The van der Waals surface area contributed by atoms with Crippen LogP contribution in [-0.2, 0) is 56.2 Å². The monoisotopic (exact) mass is 1430 g/mol. The Hall–Kier alpha value is -6.03. The Kier molecular flexibility index (Phi) is 51.6. The number of alkyl halides is 6. The number of benzene rings is 2. The lowest BCUT2D eigenvalue weighted by atomic mass is 9.85. The number of rotatable bonds is 44. The Morgan fingerprint density at radius 2 is 0.950 bits per heavy atom. The van der Waals surface area contributed by atoms with Crippen molar-refractivity contribution in [1.29, 1.82) is 0 Å². The number of halogens is 6. The second-order valence-electron chi connectivity index (χ2n) is 26.1. The summed E-state index contributed by atoms with van der Waals surface area (Å²) in [5.74, 6) is -12.9. The van der Waals surface area contributed by atoms with Gasteiger partial charge in [0.25, 0.3) is 23.7 Å². The number of ether oxygens (including phenoxy) is 2. The van der Waals surface area contributed by atoms with E-state index in [4.69, 9.17) is 24.5 Å². The van der Waals surface area contributed by atoms with E-state index in [1.54, 1.807) is 19.1 Å². The number of hydrogen-bond acceptors (Lipinski definition) is 13. The summed E-state index contributed by atoms with van der Waals surface area (Å²) < 4.78 is 94.1. The molecule has 0 radical (unpaired) electrons. The average molecular weight is 1430 g/mol. The molecule has 2 saturated carbocycles. The van der Waals surface area contributed by atoms with Crippen molar-refractivity contribution < 1.29 is 100 Å². The van der Waals surface area contributed by atoms with Gasteiger partial charge in [0.2, 0.25) is 0 Å². The molecule has 2 aromatic rings. The summed E-state index contributed by atoms with van der Waals surface area (Å²) in [6, 6.07) is 19.0. The first-order valence-corrected chi connectivity index (χ1v) is 35.4. The first-order chi connectivity index (χ1) is 46.1. The molecule has 0 spiro atoms. The molecule has 5 rings (SSSR count). The minimum Gasteiger partial charge on any atom is -0.481 e. The quantitative estimate of drug-likeness (QED) is 0.0156. The first-order valence-electron chi connectivity index (χ1n) is 35.4. The molecule has 100 heavy (non-hydrogen) atoms. The maximum absolute atomic E-state index is 14.0. The maximum Gasteiger partial charge on any atom is 0.306 e. The van der Waals surface area contributed by atoms with Gasteiger partial charge in [-0.3, -0.25) is 33.6 Å². The lowest BCUT2D eigenvalue weighted by molar-refractivity contribution is -0.146. The molecule has 3 aliphatic carbocycles. The van der Waals surface area contributed by atoms with Crippen molar-refractivity contribution in [1.82, 2.24) is 0 Å². The number of aliphatic hydroxyl groups is 4. The van der Waals surface area contributed by atoms with Gasteiger partial charge in [0, 0.05) is 87.9 Å². The molecule has 3 aliphatic rings. The van der Waals surface area contributed by atoms with Gasteiger partial charge in [-0.1, -0.05) is 211 Å². The molecule has 0 aromatic heterocycles. The van der Waals surface area contributed by atoms with Crippen molar-refractivity contribution in [2.24, 2.45) is 35.5 Å². The summed E-state index contributed by atoms with van der Waals surface area (Å²) in [4.78, 5) is 79.7. The van der Waals surface area contributed by atoms with Crippen molar-refractivity contribution in [3.8, 4) is 0 Å². The van der Waals surface area contributed by atoms with E-state index in [0.717, 1.165) is 107 Å². The van der Waals surface area contributed by atoms with Crippen molar-refractivity contribution in [2.45, 2.75) is 311 Å². The zero-order valence-electron chi connectivity index (χ0n) is 57.7. The molecule has 2 fully saturated rings. The molecular formula is C79H124F6O15. The molecule has 2 aromatic carbocycles. The third-order valence-electron chi connectivity index (χ3n) is 18.0. The number of carboxylic acid groups (broad SMARTS) is 2. The second-order valence-corrected chi connectivity index (χ2v) is 26.1. The number of esters is 2. The standard InChI is InChI=1S/C27H38F2O5.C27H36F2O4.C20H34F2O4.C2H4O2.3CH4/c1-2-3-17-27(28,29)25(32)16-15-22-21(23(30)18-24(22)31)13-9-4-5-10-14-26(33)34-19-20-11-7-6-8-12-20;1-2-3-19-27(28,29)25(31)18-16-22-15-17-24(30)23(22)13-9-4-5-10-14-26(32)33-20-21-11-7-6-8-12-21;1-2-3-14-20(21,22)18(24)13-11-15-10-12-17(23)16(15)8-6-4-5-7-9-19(25)26;1-2(3)4;;;/h6-8,11-12,15-16,21-22,24-25,31-32H,2-5,9-10,13-14,17-19H2,1H3;6-8,11-12,15-18,22-23,25,31H,2-5,9-10,13-14,19-20H2,1H3;15-16,18,24H,2-14H2,1H3,(H,25,26);1H3,(H,3,4);3*1H4/b16-15+;18-16+;;;;;/t21?,22-,24-,25?;22-,23?,25?;15-,16?,18?;;;;/m111..../s1. The fourth-order valence-electron chi connectivity index (χ4n) is 12.1. The molecule has 21 heteroatoms. The highest BCUT2D eigenvalue weighted by Crippen LogP contribution is 2.39. The van der Waals surface area contributed by atoms with Crippen LogP contribution < -0.4 is 0 Å². The summed E-state index contributed by atoms with van der Waals surface area (Å²) in [6.07, 6.45) is 18.2. The highest BCUT2D eigenvalue weighted by Gasteiger charge is 2.43. The summed E-state index contributed by atoms with van der Waals surface area (Å²) in [7, 11) is 0. The molecule has 6 unspecified atom stereocenters. The van der Waals surface area contributed by atoms with Gasteiger partial charge < -0.3 is 40.1 Å². The molecule has 0 saturated heterocycles. The van der Waals surface area contributed by atoms with Crippen LogP contribution in [0.25, 0.3) is 0 Å². The van der Waals surface area contributed by atoms with Crippen LogP contribution >= 0.6 is 0 Å². The number of unbranched alkanes of at least 4 members (excludes halogenated alkanes) is 12. The Balaban J connectivity index is 0. The zero-order chi connectivity index (χ0) is 72.2. The number of carbonyl (C=O) groups is 7. The first kappa shape index (κ1) is 96.0. The van der Waals surface area contributed by atoms with E-state index in [1.807, 2.05) is 74.5 Å². The van der Waals surface area contributed by atoms with Crippen LogP contribution in [0.5, 0.6) is 0 Å². The lowest BCUT2D eigenvalue weighted by Crippen LogP contribution is -2.34. The summed E-state index contributed by atoms with van der Waals surface area (Å²) in [5.41, 5.74) is 1.90. The largest absolute Gasteiger partial charge is 0.481 e. The molecule has 0 amide bonds. The normalized spacial score (nSPS) is 19.7. The van der Waals surface area contributed by atoms with Gasteiger partial charge in [0.05, 0.1) is 6.10 Å². The number of hydrogen-bond donors (Lipinski definition) is 6. The van der Waals surface area contributed by atoms with Crippen LogP contribution in [0.4, 0.5) is 26.3 Å². The van der Waals surface area contributed by atoms with Gasteiger partial charge >= 0.3 is 17.9 Å². The van der Waals surface area contributed by atoms with Crippen LogP contribution in [0.3, 0.4) is 0 Å². The van der Waals surface area contributed by atoms with Gasteiger partial charge in [-0.25, -0.2) is 26.3 Å². The van der Waals surface area contributed by atoms with Crippen molar-refractivity contribution >= 4 is 41.2 Å². The Morgan fingerprint density at radius 1 is 0.540 bits per heavy atom.